The highest BCUT2D eigenvalue weighted by molar-refractivity contribution is 7.25. The number of fused-ring (bicyclic) bond motifs is 12. The molecule has 4 heterocycles. The second-order valence-electron chi connectivity index (χ2n) is 27.1. The van der Waals surface area contributed by atoms with Crippen LogP contribution in [0.5, 0.6) is 0 Å². The molecule has 0 fully saturated rings. The maximum absolute atomic E-state index is 14.8. The summed E-state index contributed by atoms with van der Waals surface area (Å²) in [5.74, 6) is -19.9. The van der Waals surface area contributed by atoms with E-state index in [4.69, 9.17) is 4.42 Å². The molecule has 0 aliphatic heterocycles. The zero-order valence-electron chi connectivity index (χ0n) is 58.6. The molecule has 0 unspecified atom stereocenters. The fourth-order valence-electron chi connectivity index (χ4n) is 15.5. The lowest BCUT2D eigenvalue weighted by molar-refractivity contribution is 0.381. The van der Waals surface area contributed by atoms with Crippen LogP contribution < -0.4 is 9.80 Å². The van der Waals surface area contributed by atoms with Gasteiger partial charge < -0.3 is 23.4 Å². The van der Waals surface area contributed by atoms with Crippen LogP contribution in [0.2, 0.25) is 0 Å². The van der Waals surface area contributed by atoms with Gasteiger partial charge in [0.05, 0.1) is 33.2 Å². The Morgan fingerprint density at radius 2 is 0.536 bits per heavy atom. The molecule has 0 bridgehead atoms. The largest absolute Gasteiger partial charge is 0.456 e. The summed E-state index contributed by atoms with van der Waals surface area (Å²) in [5, 5.41) is 8.75. The summed E-state index contributed by atoms with van der Waals surface area (Å²) in [6.07, 6.45) is 0. The number of aromatic nitrogens is 2. The zero-order chi connectivity index (χ0) is 76.2. The van der Waals surface area contributed by atoms with Crippen LogP contribution in [0.25, 0.3) is 142 Å². The van der Waals surface area contributed by atoms with E-state index >= 15 is 0 Å². The van der Waals surface area contributed by atoms with E-state index in [2.05, 4.69) is 143 Å². The highest BCUT2D eigenvalue weighted by Gasteiger charge is 2.30. The molecule has 0 amide bonds. The summed E-state index contributed by atoms with van der Waals surface area (Å²) >= 11 is 1.68. The average Bonchev–Trinajstić information content (AvgIpc) is 1.48. The summed E-state index contributed by atoms with van der Waals surface area (Å²) in [6, 6.07) is 106. The molecule has 0 saturated heterocycles. The van der Waals surface area contributed by atoms with Crippen molar-refractivity contribution >= 4 is 131 Å². The molecule has 16 aromatic carbocycles. The van der Waals surface area contributed by atoms with Crippen LogP contribution in [-0.4, -0.2) is 9.13 Å². The number of furan rings is 1. The summed E-state index contributed by atoms with van der Waals surface area (Å²) in [4.78, 5) is 3.95. The van der Waals surface area contributed by atoms with Gasteiger partial charge in [-0.3, -0.25) is 0 Å². The highest BCUT2D eigenvalue weighted by Crippen LogP contribution is 2.46. The van der Waals surface area contributed by atoms with Crippen LogP contribution in [0, 0.1) is 58.2 Å². The van der Waals surface area contributed by atoms with Gasteiger partial charge >= 0.3 is 0 Å². The Kier molecular flexibility index (Phi) is 16.9. The van der Waals surface area contributed by atoms with Gasteiger partial charge in [0.2, 0.25) is 11.6 Å². The first-order valence-electron chi connectivity index (χ1n) is 35.8. The van der Waals surface area contributed by atoms with Crippen molar-refractivity contribution < 1.29 is 48.3 Å². The Hall–Kier alpha value is -14.0. The quantitative estimate of drug-likeness (QED) is 0.0694. The molecule has 0 aliphatic carbocycles. The molecule has 0 N–H and O–H groups in total. The third-order valence-corrected chi connectivity index (χ3v) is 21.9. The van der Waals surface area contributed by atoms with Crippen LogP contribution in [0.1, 0.15) is 0 Å². The SMILES string of the molecule is Fc1c(F)c(F)c(-c2ccc(N(c3ccc(-c4ccc5c(c4)c4ccccc4n5-c4ccccc4)cc3)c3ccc4c(c3)oc3ccccc34)cc2)c(F)c1F.Fc1c(F)c(F)c(-c2ccc(N(c3ccc(-c4ccc5c(c4)c4ccccc4n5-c4ccccc4)cc3)c3ccc4c(c3)sc3ccccc34)cc2)c(F)c1F. The standard InChI is InChI=1S/C48H27F5N2O.C48H27F5N2S/c2*49-44-43(45(50)47(52)48(53)46(44)51)29-16-21-33(22-17-29)54(34-23-24-37-36-11-5-7-13-41(36)56-42(37)27-34)32-19-14-28(15-20-32)30-18-25-40-38(26-30)35-10-4-6-12-39(35)55(40)31-8-2-1-3-9-31/h2*1-27H. The lowest BCUT2D eigenvalue weighted by Gasteiger charge is -2.26. The third-order valence-electron chi connectivity index (χ3n) is 20.8. The molecular weight excluding hydrogens is 1450 g/mol. The van der Waals surface area contributed by atoms with E-state index < -0.39 is 69.3 Å². The van der Waals surface area contributed by atoms with E-state index in [0.717, 1.165) is 137 Å². The van der Waals surface area contributed by atoms with Crippen molar-refractivity contribution in [2.45, 2.75) is 0 Å². The van der Waals surface area contributed by atoms with Gasteiger partial charge in [-0.2, -0.15) is 0 Å². The lowest BCUT2D eigenvalue weighted by atomic mass is 10.0. The maximum Gasteiger partial charge on any atom is 0.200 e. The summed E-state index contributed by atoms with van der Waals surface area (Å²) in [5.41, 5.74) is 14.1. The van der Waals surface area contributed by atoms with E-state index in [0.29, 0.717) is 17.0 Å². The topological polar surface area (TPSA) is 29.5 Å². The fraction of sp³-hybridized carbons (Fsp3) is 0. The zero-order valence-corrected chi connectivity index (χ0v) is 59.4. The van der Waals surface area contributed by atoms with Crippen molar-refractivity contribution in [1.29, 1.82) is 0 Å². The van der Waals surface area contributed by atoms with E-state index in [1.165, 1.54) is 24.3 Å². The molecule has 5 nitrogen and oxygen atoms in total. The van der Waals surface area contributed by atoms with Crippen LogP contribution >= 0.6 is 11.3 Å². The van der Waals surface area contributed by atoms with Crippen molar-refractivity contribution in [3.63, 3.8) is 0 Å². The summed E-state index contributed by atoms with van der Waals surface area (Å²) < 4.78 is 156. The Bertz CT molecular complexity index is 6640. The Morgan fingerprint density at radius 3 is 0.991 bits per heavy atom. The molecule has 0 radical (unpaired) electrons. The number of anilines is 6. The van der Waals surface area contributed by atoms with Crippen molar-refractivity contribution in [1.82, 2.24) is 9.13 Å². The van der Waals surface area contributed by atoms with Crippen LogP contribution in [-0.2, 0) is 0 Å². The van der Waals surface area contributed by atoms with E-state index in [-0.39, 0.29) is 11.1 Å². The first-order valence-corrected chi connectivity index (χ1v) is 36.6. The molecule has 0 spiro atoms. The molecule has 4 aromatic heterocycles. The number of benzene rings is 16. The molecule has 20 rings (SSSR count). The smallest absolute Gasteiger partial charge is 0.200 e. The molecule has 0 atom stereocenters. The predicted octanol–water partition coefficient (Wildman–Crippen LogP) is 28.8. The molecular formula is C96H54F10N4OS. The molecule has 0 saturated carbocycles. The number of rotatable bonds is 12. The van der Waals surface area contributed by atoms with Gasteiger partial charge in [0.15, 0.2) is 46.5 Å². The number of para-hydroxylation sites is 5. The van der Waals surface area contributed by atoms with Crippen LogP contribution in [0.4, 0.5) is 78.0 Å². The minimum Gasteiger partial charge on any atom is -0.456 e. The normalized spacial score (nSPS) is 11.7. The first-order chi connectivity index (χ1) is 54.7. The fourth-order valence-corrected chi connectivity index (χ4v) is 16.6. The van der Waals surface area contributed by atoms with Gasteiger partial charge in [0.1, 0.15) is 11.2 Å². The summed E-state index contributed by atoms with van der Waals surface area (Å²) in [7, 11) is 0. The molecule has 0 aliphatic rings. The van der Waals surface area contributed by atoms with Crippen molar-refractivity contribution in [2.24, 2.45) is 0 Å². The number of hydrogen-bond donors (Lipinski definition) is 0. The van der Waals surface area contributed by atoms with Gasteiger partial charge in [-0.25, -0.2) is 43.9 Å². The predicted molar refractivity (Wildman–Crippen MR) is 432 cm³/mol. The van der Waals surface area contributed by atoms with Gasteiger partial charge in [0.25, 0.3) is 0 Å². The molecule has 540 valence electrons. The maximum atomic E-state index is 14.8. The molecule has 20 aromatic rings. The van der Waals surface area contributed by atoms with E-state index in [9.17, 15) is 43.9 Å². The average molecular weight is 1500 g/mol. The van der Waals surface area contributed by atoms with Crippen molar-refractivity contribution in [3.8, 4) is 55.9 Å². The van der Waals surface area contributed by atoms with Crippen LogP contribution in [0.15, 0.2) is 332 Å². The Morgan fingerprint density at radius 1 is 0.214 bits per heavy atom. The first kappa shape index (κ1) is 68.6. The number of nitrogens with zero attached hydrogens (tertiary/aromatic N) is 4. The number of halogens is 10. The van der Waals surface area contributed by atoms with Crippen LogP contribution in [0.3, 0.4) is 0 Å². The minimum absolute atomic E-state index is 0.138. The number of hydrogen-bond acceptors (Lipinski definition) is 4. The van der Waals surface area contributed by atoms with Crippen molar-refractivity contribution in [3.05, 3.63) is 386 Å². The van der Waals surface area contributed by atoms with Gasteiger partial charge in [-0.05, 0) is 179 Å². The Labute approximate surface area is 636 Å². The van der Waals surface area contributed by atoms with Gasteiger partial charge in [-0.15, -0.1) is 11.3 Å². The van der Waals surface area contributed by atoms with E-state index in [1.54, 1.807) is 35.6 Å². The highest BCUT2D eigenvalue weighted by atomic mass is 32.1. The van der Waals surface area contributed by atoms with Gasteiger partial charge in [-0.1, -0.05) is 176 Å². The van der Waals surface area contributed by atoms with E-state index in [1.807, 2.05) is 155 Å². The summed E-state index contributed by atoms with van der Waals surface area (Å²) in [6.45, 7) is 0. The number of thiophene rings is 1. The van der Waals surface area contributed by atoms with Gasteiger partial charge in [0, 0.05) is 104 Å². The Balaban J connectivity index is 0.000000151. The third kappa shape index (κ3) is 11.6. The van der Waals surface area contributed by atoms with Crippen molar-refractivity contribution in [2.75, 3.05) is 9.80 Å². The second-order valence-corrected chi connectivity index (χ2v) is 28.2. The molecule has 16 heteroatoms. The monoisotopic (exact) mass is 1500 g/mol. The lowest BCUT2D eigenvalue weighted by Crippen LogP contribution is -2.10. The second kappa shape index (κ2) is 27.6. The minimum atomic E-state index is -2.20. The molecule has 112 heavy (non-hydrogen) atoms.